The van der Waals surface area contributed by atoms with Gasteiger partial charge in [0.2, 0.25) is 11.5 Å². The lowest BCUT2D eigenvalue weighted by molar-refractivity contribution is -0.385. The topological polar surface area (TPSA) is 69.4 Å². The third-order valence-electron chi connectivity index (χ3n) is 2.35. The highest BCUT2D eigenvalue weighted by Gasteiger charge is 2.20. The van der Waals surface area contributed by atoms with Crippen LogP contribution in [0.1, 0.15) is 9.67 Å². The summed E-state index contributed by atoms with van der Waals surface area (Å²) in [4.78, 5) is 22.4. The van der Waals surface area contributed by atoms with Gasteiger partial charge in [-0.2, -0.15) is 0 Å². The Kier molecular flexibility index (Phi) is 4.46. The van der Waals surface area contributed by atoms with Gasteiger partial charge < -0.3 is 4.74 Å². The molecule has 2 rings (SSSR count). The monoisotopic (exact) mass is 359 g/mol. The second kappa shape index (κ2) is 6.10. The normalized spacial score (nSPS) is 10.3. The molecule has 0 unspecified atom stereocenters. The van der Waals surface area contributed by atoms with Crippen molar-refractivity contribution in [3.05, 3.63) is 54.9 Å². The van der Waals surface area contributed by atoms with Gasteiger partial charge in [-0.3, -0.25) is 14.9 Å². The van der Waals surface area contributed by atoms with Crippen LogP contribution in [0.5, 0.6) is 5.75 Å². The van der Waals surface area contributed by atoms with Crippen LogP contribution in [0, 0.1) is 15.9 Å². The van der Waals surface area contributed by atoms with Crippen LogP contribution in [0.4, 0.5) is 10.1 Å². The molecule has 5 nitrogen and oxygen atoms in total. The molecule has 1 aromatic carbocycles. The van der Waals surface area contributed by atoms with Crippen molar-refractivity contribution < 1.29 is 18.8 Å². The molecule has 0 bridgehead atoms. The zero-order valence-corrected chi connectivity index (χ0v) is 12.2. The zero-order valence-electron chi connectivity index (χ0n) is 9.84. The van der Waals surface area contributed by atoms with E-state index in [1.807, 2.05) is 0 Å². The average molecular weight is 360 g/mol. The number of hydrogen-bond acceptors (Lipinski definition) is 5. The van der Waals surface area contributed by atoms with Gasteiger partial charge in [0.15, 0.2) is 6.61 Å². The Morgan fingerprint density at radius 2 is 2.25 bits per heavy atom. The molecule has 0 aliphatic rings. The Morgan fingerprint density at radius 1 is 1.50 bits per heavy atom. The van der Waals surface area contributed by atoms with Crippen molar-refractivity contribution in [2.45, 2.75) is 0 Å². The fraction of sp³-hybridized carbons (Fsp3) is 0.0833. The van der Waals surface area contributed by atoms with Crippen molar-refractivity contribution in [1.29, 1.82) is 0 Å². The summed E-state index contributed by atoms with van der Waals surface area (Å²) in [5.41, 5.74) is -0.405. The highest BCUT2D eigenvalue weighted by Crippen LogP contribution is 2.32. The van der Waals surface area contributed by atoms with Crippen LogP contribution in [-0.2, 0) is 0 Å². The molecule has 20 heavy (non-hydrogen) atoms. The van der Waals surface area contributed by atoms with Crippen molar-refractivity contribution >= 4 is 38.7 Å². The molecule has 0 fully saturated rings. The number of carbonyl (C=O) groups excluding carboxylic acids is 1. The molecule has 0 amide bonds. The van der Waals surface area contributed by atoms with E-state index in [4.69, 9.17) is 4.74 Å². The predicted molar refractivity (Wildman–Crippen MR) is 74.9 cm³/mol. The van der Waals surface area contributed by atoms with Gasteiger partial charge in [0.25, 0.3) is 0 Å². The van der Waals surface area contributed by atoms with Crippen LogP contribution in [0.2, 0.25) is 0 Å². The predicted octanol–water partition coefficient (Wildman–Crippen LogP) is 3.82. The lowest BCUT2D eigenvalue weighted by Gasteiger charge is -2.06. The molecule has 1 aromatic heterocycles. The van der Waals surface area contributed by atoms with Gasteiger partial charge in [0, 0.05) is 12.1 Å². The largest absolute Gasteiger partial charge is 0.478 e. The van der Waals surface area contributed by atoms with Gasteiger partial charge in [-0.25, -0.2) is 4.39 Å². The quantitative estimate of drug-likeness (QED) is 0.462. The molecular weight excluding hydrogens is 353 g/mol. The summed E-state index contributed by atoms with van der Waals surface area (Å²) in [5, 5.41) is 12.6. The number of hydrogen-bond donors (Lipinski definition) is 0. The summed E-state index contributed by atoms with van der Waals surface area (Å²) in [7, 11) is 0. The Bertz CT molecular complexity index is 660. The minimum atomic E-state index is -0.700. The number of rotatable bonds is 5. The number of halogens is 2. The molecular formula is C12H7BrFNO4S. The van der Waals surface area contributed by atoms with Gasteiger partial charge in [-0.15, -0.1) is 11.3 Å². The minimum Gasteiger partial charge on any atom is -0.478 e. The first kappa shape index (κ1) is 14.6. The van der Waals surface area contributed by atoms with E-state index in [-0.39, 0.29) is 22.6 Å². The summed E-state index contributed by atoms with van der Waals surface area (Å²) < 4.78 is 18.4. The SMILES string of the molecule is O=C(COc1cc(F)c(Br)cc1[N+](=O)[O-])c1cccs1. The van der Waals surface area contributed by atoms with E-state index in [1.165, 1.54) is 11.3 Å². The molecule has 0 aliphatic carbocycles. The number of carbonyl (C=O) groups is 1. The number of Topliss-reactive ketones (excluding diaryl/α,β-unsaturated/α-hetero) is 1. The van der Waals surface area contributed by atoms with E-state index < -0.39 is 16.4 Å². The molecule has 0 N–H and O–H groups in total. The molecule has 8 heteroatoms. The molecule has 104 valence electrons. The van der Waals surface area contributed by atoms with E-state index in [2.05, 4.69) is 15.9 Å². The summed E-state index contributed by atoms with van der Waals surface area (Å²) in [6.45, 7) is -0.386. The Morgan fingerprint density at radius 3 is 2.85 bits per heavy atom. The van der Waals surface area contributed by atoms with Crippen molar-refractivity contribution in [3.63, 3.8) is 0 Å². The Balaban J connectivity index is 2.19. The first-order valence-corrected chi connectivity index (χ1v) is 6.99. The van der Waals surface area contributed by atoms with Crippen molar-refractivity contribution in [3.8, 4) is 5.75 Å². The van der Waals surface area contributed by atoms with E-state index >= 15 is 0 Å². The fourth-order valence-electron chi connectivity index (χ4n) is 1.43. The lowest BCUT2D eigenvalue weighted by Crippen LogP contribution is -2.11. The summed E-state index contributed by atoms with van der Waals surface area (Å²) in [6.07, 6.45) is 0. The van der Waals surface area contributed by atoms with Crippen LogP contribution in [0.3, 0.4) is 0 Å². The number of thiophene rings is 1. The van der Waals surface area contributed by atoms with Gasteiger partial charge in [-0.05, 0) is 27.4 Å². The smallest absolute Gasteiger partial charge is 0.312 e. The first-order chi connectivity index (χ1) is 9.49. The van der Waals surface area contributed by atoms with E-state index in [9.17, 15) is 19.3 Å². The molecule has 0 spiro atoms. The highest BCUT2D eigenvalue weighted by atomic mass is 79.9. The van der Waals surface area contributed by atoms with Crippen molar-refractivity contribution in [2.75, 3.05) is 6.61 Å². The standard InChI is InChI=1S/C12H7BrFNO4S/c13-7-4-9(15(17)18)11(5-8(7)14)19-6-10(16)12-2-1-3-20-12/h1-5H,6H2. The van der Waals surface area contributed by atoms with E-state index in [0.717, 1.165) is 12.1 Å². The van der Waals surface area contributed by atoms with E-state index in [0.29, 0.717) is 4.88 Å². The number of ether oxygens (including phenoxy) is 1. The molecule has 1 heterocycles. The third kappa shape index (κ3) is 3.20. The van der Waals surface area contributed by atoms with Crippen LogP contribution in [0.15, 0.2) is 34.1 Å². The third-order valence-corrected chi connectivity index (χ3v) is 3.87. The second-order valence-corrected chi connectivity index (χ2v) is 5.48. The highest BCUT2D eigenvalue weighted by molar-refractivity contribution is 9.10. The molecule has 0 aliphatic heterocycles. The molecule has 0 atom stereocenters. The van der Waals surface area contributed by atoms with Crippen LogP contribution in [0.25, 0.3) is 0 Å². The zero-order chi connectivity index (χ0) is 14.7. The number of ketones is 1. The maximum atomic E-state index is 13.4. The summed E-state index contributed by atoms with van der Waals surface area (Å²) >= 11 is 4.10. The molecule has 0 saturated heterocycles. The molecule has 0 saturated carbocycles. The number of nitro groups is 1. The fourth-order valence-corrected chi connectivity index (χ4v) is 2.41. The molecule has 0 radical (unpaired) electrons. The van der Waals surface area contributed by atoms with Crippen LogP contribution >= 0.6 is 27.3 Å². The lowest BCUT2D eigenvalue weighted by atomic mass is 10.3. The Hall–Kier alpha value is -1.80. The van der Waals surface area contributed by atoms with E-state index in [1.54, 1.807) is 17.5 Å². The second-order valence-electron chi connectivity index (χ2n) is 3.68. The van der Waals surface area contributed by atoms with Gasteiger partial charge in [0.1, 0.15) is 5.82 Å². The first-order valence-electron chi connectivity index (χ1n) is 5.32. The van der Waals surface area contributed by atoms with Gasteiger partial charge >= 0.3 is 5.69 Å². The average Bonchev–Trinajstić information content (AvgIpc) is 2.93. The number of benzene rings is 1. The number of nitro benzene ring substituents is 1. The maximum absolute atomic E-state index is 13.4. The Labute approximate surface area is 125 Å². The van der Waals surface area contributed by atoms with Crippen molar-refractivity contribution in [1.82, 2.24) is 0 Å². The summed E-state index contributed by atoms with van der Waals surface area (Å²) in [5.74, 6) is -1.30. The van der Waals surface area contributed by atoms with Crippen LogP contribution < -0.4 is 4.74 Å². The number of nitrogens with zero attached hydrogens (tertiary/aromatic N) is 1. The van der Waals surface area contributed by atoms with Gasteiger partial charge in [0.05, 0.1) is 14.3 Å². The maximum Gasteiger partial charge on any atom is 0.312 e. The van der Waals surface area contributed by atoms with Crippen molar-refractivity contribution in [2.24, 2.45) is 0 Å². The van der Waals surface area contributed by atoms with Crippen LogP contribution in [-0.4, -0.2) is 17.3 Å². The summed E-state index contributed by atoms with van der Waals surface area (Å²) in [6, 6.07) is 5.21. The molecule has 2 aromatic rings. The minimum absolute atomic E-state index is 0.0406. The van der Waals surface area contributed by atoms with Gasteiger partial charge in [-0.1, -0.05) is 6.07 Å².